The maximum atomic E-state index is 2.38. The summed E-state index contributed by atoms with van der Waals surface area (Å²) in [6.45, 7) is 11.6. The standard InChI is InChI=1S/C18H37/c1-6-7-8-9-10-11-12-13-14-15-16-18(4,5)17(2)3/h6-16H2,1-5H3. The topological polar surface area (TPSA) is 0 Å². The van der Waals surface area contributed by atoms with Crippen LogP contribution in [-0.4, -0.2) is 0 Å². The molecule has 0 aromatic heterocycles. The summed E-state index contributed by atoms with van der Waals surface area (Å²) in [5.74, 6) is 1.58. The Hall–Kier alpha value is 0. The van der Waals surface area contributed by atoms with Crippen molar-refractivity contribution in [3.63, 3.8) is 0 Å². The number of rotatable bonds is 12. The molecule has 0 N–H and O–H groups in total. The number of hydrogen-bond donors (Lipinski definition) is 0. The lowest BCUT2D eigenvalue weighted by molar-refractivity contribution is 0.339. The van der Waals surface area contributed by atoms with Crippen LogP contribution in [0, 0.1) is 11.3 Å². The molecular formula is C18H37. The summed E-state index contributed by atoms with van der Waals surface area (Å²) in [5, 5.41) is 0. The van der Waals surface area contributed by atoms with Gasteiger partial charge in [0.15, 0.2) is 0 Å². The first-order valence-electron chi connectivity index (χ1n) is 8.31. The van der Waals surface area contributed by atoms with E-state index in [1.807, 2.05) is 0 Å². The lowest BCUT2D eigenvalue weighted by Crippen LogP contribution is -2.16. The maximum absolute atomic E-state index is 2.38. The molecule has 0 aliphatic rings. The van der Waals surface area contributed by atoms with E-state index >= 15 is 0 Å². The molecule has 0 aliphatic carbocycles. The monoisotopic (exact) mass is 253 g/mol. The van der Waals surface area contributed by atoms with Gasteiger partial charge in [0.2, 0.25) is 0 Å². The van der Waals surface area contributed by atoms with E-state index in [1.165, 1.54) is 70.6 Å². The van der Waals surface area contributed by atoms with Crippen molar-refractivity contribution < 1.29 is 0 Å². The molecule has 1 radical (unpaired) electrons. The highest BCUT2D eigenvalue weighted by molar-refractivity contribution is 4.94. The third kappa shape index (κ3) is 9.97. The van der Waals surface area contributed by atoms with Crippen molar-refractivity contribution in [2.75, 3.05) is 0 Å². The van der Waals surface area contributed by atoms with Crippen LogP contribution in [0.3, 0.4) is 0 Å². The second-order valence-electron chi connectivity index (χ2n) is 6.82. The first-order chi connectivity index (χ1) is 8.50. The predicted octanol–water partition coefficient (Wildman–Crippen LogP) is 6.94. The smallest absolute Gasteiger partial charge is 0.0247 e. The fraction of sp³-hybridized carbons (Fsp3) is 0.944. The summed E-state index contributed by atoms with van der Waals surface area (Å²) in [7, 11) is 0. The van der Waals surface area contributed by atoms with Crippen LogP contribution in [0.15, 0.2) is 0 Å². The Kier molecular flexibility index (Phi) is 10.9. The SMILES string of the molecule is CCCCCCCCCCCCC(C)(C)[C](C)C. The van der Waals surface area contributed by atoms with E-state index in [2.05, 4.69) is 34.6 Å². The average Bonchev–Trinajstić information content (AvgIpc) is 2.31. The van der Waals surface area contributed by atoms with Crippen molar-refractivity contribution in [2.45, 2.75) is 105 Å². The van der Waals surface area contributed by atoms with Gasteiger partial charge in [0, 0.05) is 0 Å². The van der Waals surface area contributed by atoms with Crippen LogP contribution in [-0.2, 0) is 0 Å². The first kappa shape index (κ1) is 18.0. The molecule has 18 heavy (non-hydrogen) atoms. The van der Waals surface area contributed by atoms with E-state index in [-0.39, 0.29) is 0 Å². The molecule has 109 valence electrons. The fourth-order valence-electron chi connectivity index (χ4n) is 2.30. The molecule has 0 heteroatoms. The quantitative estimate of drug-likeness (QED) is 0.330. The lowest BCUT2D eigenvalue weighted by Gasteiger charge is -2.28. The second-order valence-corrected chi connectivity index (χ2v) is 6.82. The van der Waals surface area contributed by atoms with Crippen LogP contribution in [0.2, 0.25) is 0 Å². The van der Waals surface area contributed by atoms with Crippen LogP contribution >= 0.6 is 0 Å². The van der Waals surface area contributed by atoms with Crippen LogP contribution < -0.4 is 0 Å². The zero-order valence-corrected chi connectivity index (χ0v) is 13.8. The van der Waals surface area contributed by atoms with Gasteiger partial charge in [-0.3, -0.25) is 0 Å². The fourth-order valence-corrected chi connectivity index (χ4v) is 2.30. The summed E-state index contributed by atoms with van der Waals surface area (Å²) in [5.41, 5.74) is 0.458. The lowest BCUT2D eigenvalue weighted by atomic mass is 9.77. The summed E-state index contributed by atoms with van der Waals surface area (Å²) >= 11 is 0. The molecule has 0 saturated heterocycles. The van der Waals surface area contributed by atoms with Gasteiger partial charge >= 0.3 is 0 Å². The van der Waals surface area contributed by atoms with E-state index in [4.69, 9.17) is 0 Å². The Balaban J connectivity index is 3.21. The van der Waals surface area contributed by atoms with E-state index in [0.717, 1.165) is 0 Å². The molecule has 0 saturated carbocycles. The minimum atomic E-state index is 0.458. The molecule has 0 heterocycles. The van der Waals surface area contributed by atoms with E-state index in [0.29, 0.717) is 5.41 Å². The van der Waals surface area contributed by atoms with Crippen LogP contribution in [0.5, 0.6) is 0 Å². The Morgan fingerprint density at radius 3 is 1.44 bits per heavy atom. The first-order valence-corrected chi connectivity index (χ1v) is 8.31. The van der Waals surface area contributed by atoms with Crippen LogP contribution in [0.4, 0.5) is 0 Å². The van der Waals surface area contributed by atoms with Gasteiger partial charge in [0.1, 0.15) is 0 Å². The molecule has 0 aliphatic heterocycles. The summed E-state index contributed by atoms with van der Waals surface area (Å²) < 4.78 is 0. The third-order valence-electron chi connectivity index (χ3n) is 4.51. The van der Waals surface area contributed by atoms with Gasteiger partial charge in [0.05, 0.1) is 0 Å². The van der Waals surface area contributed by atoms with Crippen molar-refractivity contribution in [3.05, 3.63) is 5.92 Å². The summed E-state index contributed by atoms with van der Waals surface area (Å²) in [6.07, 6.45) is 15.8. The number of hydrogen-bond acceptors (Lipinski definition) is 0. The number of unbranched alkanes of at least 4 members (excludes halogenated alkanes) is 9. The highest BCUT2D eigenvalue weighted by Gasteiger charge is 2.21. The van der Waals surface area contributed by atoms with Crippen molar-refractivity contribution in [1.82, 2.24) is 0 Å². The van der Waals surface area contributed by atoms with E-state index < -0.39 is 0 Å². The Morgan fingerprint density at radius 2 is 1.06 bits per heavy atom. The minimum absolute atomic E-state index is 0.458. The van der Waals surface area contributed by atoms with Gasteiger partial charge in [-0.25, -0.2) is 0 Å². The average molecular weight is 253 g/mol. The summed E-state index contributed by atoms with van der Waals surface area (Å²) in [4.78, 5) is 0. The second kappa shape index (κ2) is 10.9. The molecular weight excluding hydrogens is 216 g/mol. The van der Waals surface area contributed by atoms with Gasteiger partial charge in [-0.2, -0.15) is 0 Å². The normalized spacial score (nSPS) is 12.3. The zero-order valence-electron chi connectivity index (χ0n) is 13.8. The molecule has 0 aromatic rings. The van der Waals surface area contributed by atoms with Gasteiger partial charge < -0.3 is 0 Å². The molecule has 0 amide bonds. The summed E-state index contributed by atoms with van der Waals surface area (Å²) in [6, 6.07) is 0. The van der Waals surface area contributed by atoms with Crippen molar-refractivity contribution in [1.29, 1.82) is 0 Å². The highest BCUT2D eigenvalue weighted by Crippen LogP contribution is 2.33. The largest absolute Gasteiger partial charge is 0.0654 e. The third-order valence-corrected chi connectivity index (χ3v) is 4.51. The van der Waals surface area contributed by atoms with Crippen LogP contribution in [0.1, 0.15) is 105 Å². The molecule has 0 rings (SSSR count). The molecule has 0 spiro atoms. The van der Waals surface area contributed by atoms with Gasteiger partial charge in [-0.15, -0.1) is 0 Å². The Labute approximate surface area is 117 Å². The van der Waals surface area contributed by atoms with E-state index in [9.17, 15) is 0 Å². The highest BCUT2D eigenvalue weighted by atomic mass is 14.3. The van der Waals surface area contributed by atoms with Crippen LogP contribution in [0.25, 0.3) is 0 Å². The van der Waals surface area contributed by atoms with Crippen molar-refractivity contribution >= 4 is 0 Å². The molecule has 0 unspecified atom stereocenters. The van der Waals surface area contributed by atoms with Crippen molar-refractivity contribution in [2.24, 2.45) is 5.41 Å². The predicted molar refractivity (Wildman–Crippen MR) is 84.8 cm³/mol. The Morgan fingerprint density at radius 1 is 0.667 bits per heavy atom. The molecule has 0 atom stereocenters. The molecule has 0 fully saturated rings. The molecule has 0 nitrogen and oxygen atoms in total. The minimum Gasteiger partial charge on any atom is -0.0654 e. The van der Waals surface area contributed by atoms with Gasteiger partial charge in [-0.05, 0) is 17.8 Å². The Bertz CT molecular complexity index is 167. The zero-order chi connectivity index (χ0) is 13.9. The van der Waals surface area contributed by atoms with Gasteiger partial charge in [0.25, 0.3) is 0 Å². The van der Waals surface area contributed by atoms with Crippen molar-refractivity contribution in [3.8, 4) is 0 Å². The maximum Gasteiger partial charge on any atom is -0.0247 e. The molecule has 0 bridgehead atoms. The molecule has 0 aromatic carbocycles. The van der Waals surface area contributed by atoms with E-state index in [1.54, 1.807) is 5.92 Å². The van der Waals surface area contributed by atoms with Gasteiger partial charge in [-0.1, -0.05) is 98.8 Å².